The number of hydrogen-bond acceptors (Lipinski definition) is 4. The Morgan fingerprint density at radius 3 is 2.66 bits per heavy atom. The fourth-order valence-electron chi connectivity index (χ4n) is 3.05. The molecule has 0 saturated carbocycles. The van der Waals surface area contributed by atoms with Gasteiger partial charge >= 0.3 is 0 Å². The first-order chi connectivity index (χ1) is 14.0. The minimum Gasteiger partial charge on any atom is -0.394 e. The number of morpholine rings is 1. The van der Waals surface area contributed by atoms with Crippen LogP contribution in [0, 0.1) is 11.6 Å². The predicted molar refractivity (Wildman–Crippen MR) is 108 cm³/mol. The van der Waals surface area contributed by atoms with Crippen LogP contribution in [0.5, 0.6) is 0 Å². The third kappa shape index (κ3) is 5.53. The van der Waals surface area contributed by atoms with Crippen LogP contribution < -0.4 is 10.2 Å². The molecule has 1 saturated heterocycles. The zero-order chi connectivity index (χ0) is 20.8. The number of aliphatic hydroxyl groups is 1. The van der Waals surface area contributed by atoms with E-state index < -0.39 is 17.8 Å². The third-order valence-corrected chi connectivity index (χ3v) is 4.84. The summed E-state index contributed by atoms with van der Waals surface area (Å²) in [5.41, 5.74) is 1.17. The monoisotopic (exact) mass is 422 g/mol. The Kier molecular flexibility index (Phi) is 7.19. The van der Waals surface area contributed by atoms with Crippen molar-refractivity contribution in [3.8, 4) is 0 Å². The van der Waals surface area contributed by atoms with Gasteiger partial charge in [-0.1, -0.05) is 23.7 Å². The van der Waals surface area contributed by atoms with Crippen molar-refractivity contribution in [1.29, 1.82) is 0 Å². The molecule has 1 heterocycles. The zero-order valence-electron chi connectivity index (χ0n) is 15.6. The van der Waals surface area contributed by atoms with Gasteiger partial charge in [0.1, 0.15) is 11.6 Å². The van der Waals surface area contributed by atoms with E-state index in [9.17, 15) is 18.7 Å². The molecule has 5 nitrogen and oxygen atoms in total. The average Bonchev–Trinajstić information content (AvgIpc) is 2.72. The van der Waals surface area contributed by atoms with E-state index in [2.05, 4.69) is 5.32 Å². The third-order valence-electron chi connectivity index (χ3n) is 4.60. The number of nitrogens with zero attached hydrogens (tertiary/aromatic N) is 1. The minimum atomic E-state index is -0.734. The maximum Gasteiger partial charge on any atom is 0.244 e. The van der Waals surface area contributed by atoms with E-state index in [4.69, 9.17) is 16.3 Å². The highest BCUT2D eigenvalue weighted by Crippen LogP contribution is 2.25. The van der Waals surface area contributed by atoms with E-state index in [-0.39, 0.29) is 23.0 Å². The number of hydrogen-bond donors (Lipinski definition) is 2. The van der Waals surface area contributed by atoms with Gasteiger partial charge < -0.3 is 20.1 Å². The van der Waals surface area contributed by atoms with Crippen LogP contribution in [0.15, 0.2) is 42.5 Å². The van der Waals surface area contributed by atoms with Crippen LogP contribution in [-0.4, -0.2) is 43.9 Å². The highest BCUT2D eigenvalue weighted by atomic mass is 35.5. The van der Waals surface area contributed by atoms with Crippen LogP contribution in [0.1, 0.15) is 17.2 Å². The van der Waals surface area contributed by atoms with E-state index in [1.165, 1.54) is 36.4 Å². The Morgan fingerprint density at radius 1 is 1.21 bits per heavy atom. The van der Waals surface area contributed by atoms with E-state index in [0.29, 0.717) is 37.6 Å². The van der Waals surface area contributed by atoms with Crippen LogP contribution in [0.4, 0.5) is 14.5 Å². The number of benzene rings is 2. The fourth-order valence-corrected chi connectivity index (χ4v) is 3.21. The molecule has 1 unspecified atom stereocenters. The molecule has 1 aliphatic rings. The van der Waals surface area contributed by atoms with Gasteiger partial charge in [-0.25, -0.2) is 8.78 Å². The number of amides is 1. The second-order valence-electron chi connectivity index (χ2n) is 6.55. The van der Waals surface area contributed by atoms with Crippen molar-refractivity contribution in [3.63, 3.8) is 0 Å². The van der Waals surface area contributed by atoms with E-state index >= 15 is 0 Å². The molecular weight excluding hydrogens is 402 g/mol. The smallest absolute Gasteiger partial charge is 0.244 e. The maximum atomic E-state index is 14.3. The summed E-state index contributed by atoms with van der Waals surface area (Å²) < 4.78 is 33.4. The van der Waals surface area contributed by atoms with E-state index in [1.54, 1.807) is 6.07 Å². The number of carbonyl (C=O) groups is 1. The number of carbonyl (C=O) groups excluding carboxylic acids is 1. The van der Waals surface area contributed by atoms with E-state index in [0.717, 1.165) is 6.07 Å². The Hall–Kier alpha value is -2.48. The first kappa shape index (κ1) is 21.2. The fraction of sp³-hybridized carbons (Fsp3) is 0.286. The van der Waals surface area contributed by atoms with Crippen molar-refractivity contribution in [2.24, 2.45) is 0 Å². The molecule has 2 N–H and O–H groups in total. The quantitative estimate of drug-likeness (QED) is 0.701. The molecule has 29 heavy (non-hydrogen) atoms. The molecule has 1 amide bonds. The molecule has 0 bridgehead atoms. The molecule has 3 rings (SSSR count). The first-order valence-corrected chi connectivity index (χ1v) is 9.52. The van der Waals surface area contributed by atoms with Crippen molar-refractivity contribution < 1.29 is 23.4 Å². The number of anilines is 1. The van der Waals surface area contributed by atoms with Gasteiger partial charge in [0.2, 0.25) is 5.91 Å². The molecule has 8 heteroatoms. The number of halogens is 3. The number of nitrogens with one attached hydrogen (secondary N) is 1. The molecule has 0 spiro atoms. The van der Waals surface area contributed by atoms with Crippen molar-refractivity contribution in [2.45, 2.75) is 6.04 Å². The second kappa shape index (κ2) is 9.82. The number of aliphatic hydroxyl groups excluding tert-OH is 1. The molecule has 2 aromatic carbocycles. The maximum absolute atomic E-state index is 14.3. The summed E-state index contributed by atoms with van der Waals surface area (Å²) in [5.74, 6) is -1.44. The molecule has 1 fully saturated rings. The average molecular weight is 423 g/mol. The first-order valence-electron chi connectivity index (χ1n) is 9.14. The largest absolute Gasteiger partial charge is 0.394 e. The van der Waals surface area contributed by atoms with Crippen LogP contribution >= 0.6 is 11.6 Å². The standard InChI is InChI=1S/C21H21ClF2N2O3/c22-16-4-1-14(18(24)12-16)3-6-21(28)25-19(13-27)15-2-5-17(23)20(11-15)26-7-9-29-10-8-26/h1-6,11-12,19,27H,7-10,13H2,(H,25,28)/b6-3+. The molecule has 154 valence electrons. The lowest BCUT2D eigenvalue weighted by Crippen LogP contribution is -2.37. The molecule has 2 aromatic rings. The summed E-state index contributed by atoms with van der Waals surface area (Å²) in [4.78, 5) is 14.1. The van der Waals surface area contributed by atoms with Crippen LogP contribution in [0.2, 0.25) is 5.02 Å². The van der Waals surface area contributed by atoms with Gasteiger partial charge in [0.25, 0.3) is 0 Å². The second-order valence-corrected chi connectivity index (χ2v) is 6.99. The van der Waals surface area contributed by atoms with Crippen LogP contribution in [0.25, 0.3) is 6.08 Å². The SMILES string of the molecule is O=C(/C=C/c1ccc(Cl)cc1F)NC(CO)c1ccc(F)c(N2CCOCC2)c1. The molecule has 0 aliphatic carbocycles. The molecule has 0 aromatic heterocycles. The van der Waals surface area contributed by atoms with Gasteiger partial charge in [-0.15, -0.1) is 0 Å². The lowest BCUT2D eigenvalue weighted by molar-refractivity contribution is -0.117. The summed E-state index contributed by atoms with van der Waals surface area (Å²) in [6.07, 6.45) is 2.49. The molecule has 1 aliphatic heterocycles. The minimum absolute atomic E-state index is 0.210. The summed E-state index contributed by atoms with van der Waals surface area (Å²) in [6.45, 7) is 1.77. The van der Waals surface area contributed by atoms with Crippen LogP contribution in [0.3, 0.4) is 0 Å². The topological polar surface area (TPSA) is 61.8 Å². The summed E-state index contributed by atoms with van der Waals surface area (Å²) in [5, 5.41) is 12.6. The summed E-state index contributed by atoms with van der Waals surface area (Å²) in [6, 6.07) is 7.84. The lowest BCUT2D eigenvalue weighted by atomic mass is 10.1. The van der Waals surface area contributed by atoms with Crippen molar-refractivity contribution in [1.82, 2.24) is 5.32 Å². The molecular formula is C21H21ClF2N2O3. The number of ether oxygens (including phenoxy) is 1. The van der Waals surface area contributed by atoms with Crippen LogP contribution in [-0.2, 0) is 9.53 Å². The van der Waals surface area contributed by atoms with Gasteiger partial charge in [0.15, 0.2) is 0 Å². The molecule has 0 radical (unpaired) electrons. The van der Waals surface area contributed by atoms with Crippen molar-refractivity contribution >= 4 is 29.3 Å². The number of rotatable bonds is 6. The summed E-state index contributed by atoms with van der Waals surface area (Å²) in [7, 11) is 0. The van der Waals surface area contributed by atoms with Gasteiger partial charge in [-0.2, -0.15) is 0 Å². The van der Waals surface area contributed by atoms with Gasteiger partial charge in [0.05, 0.1) is 31.5 Å². The Morgan fingerprint density at radius 2 is 1.97 bits per heavy atom. The Balaban J connectivity index is 1.72. The zero-order valence-corrected chi connectivity index (χ0v) is 16.3. The highest BCUT2D eigenvalue weighted by Gasteiger charge is 2.19. The summed E-state index contributed by atoms with van der Waals surface area (Å²) >= 11 is 5.71. The van der Waals surface area contributed by atoms with Gasteiger partial charge in [-0.3, -0.25) is 4.79 Å². The normalized spacial score (nSPS) is 15.5. The highest BCUT2D eigenvalue weighted by molar-refractivity contribution is 6.30. The van der Waals surface area contributed by atoms with Gasteiger partial charge in [-0.05, 0) is 35.9 Å². The lowest BCUT2D eigenvalue weighted by Gasteiger charge is -2.30. The van der Waals surface area contributed by atoms with Crippen molar-refractivity contribution in [2.75, 3.05) is 37.8 Å². The van der Waals surface area contributed by atoms with Gasteiger partial charge in [0, 0.05) is 29.8 Å². The predicted octanol–water partition coefficient (Wildman–Crippen LogP) is 3.32. The van der Waals surface area contributed by atoms with E-state index in [1.807, 2.05) is 4.90 Å². The Bertz CT molecular complexity index is 901. The van der Waals surface area contributed by atoms with Crippen molar-refractivity contribution in [3.05, 3.63) is 70.3 Å². The molecule has 1 atom stereocenters. The Labute approximate surface area is 172 Å².